The van der Waals surface area contributed by atoms with Crippen LogP contribution in [0, 0.1) is 6.92 Å². The van der Waals surface area contributed by atoms with Crippen molar-refractivity contribution in [2.75, 3.05) is 5.32 Å². The maximum Gasteiger partial charge on any atom is 0.147 e. The summed E-state index contributed by atoms with van der Waals surface area (Å²) >= 11 is 1.74. The molecule has 0 saturated heterocycles. The number of aryl methyl sites for hydroxylation is 1. The quantitative estimate of drug-likeness (QED) is 0.882. The zero-order valence-corrected chi connectivity index (χ0v) is 10.3. The first-order valence-electron chi connectivity index (χ1n) is 5.31. The SMILES string of the molecule is Cc1nccnc1NC(C)Cc1ccsc1. The zero-order valence-electron chi connectivity index (χ0n) is 9.47. The summed E-state index contributed by atoms with van der Waals surface area (Å²) in [5, 5.41) is 7.67. The molecule has 84 valence electrons. The zero-order chi connectivity index (χ0) is 11.4. The lowest BCUT2D eigenvalue weighted by molar-refractivity contribution is 0.783. The van der Waals surface area contributed by atoms with E-state index in [-0.39, 0.29) is 0 Å². The summed E-state index contributed by atoms with van der Waals surface area (Å²) in [7, 11) is 0. The van der Waals surface area contributed by atoms with E-state index >= 15 is 0 Å². The molecule has 4 heteroatoms. The van der Waals surface area contributed by atoms with E-state index in [9.17, 15) is 0 Å². The average molecular weight is 233 g/mol. The second-order valence-electron chi connectivity index (χ2n) is 3.87. The van der Waals surface area contributed by atoms with E-state index < -0.39 is 0 Å². The minimum Gasteiger partial charge on any atom is -0.366 e. The van der Waals surface area contributed by atoms with Gasteiger partial charge in [0.05, 0.1) is 5.69 Å². The van der Waals surface area contributed by atoms with Gasteiger partial charge < -0.3 is 5.32 Å². The van der Waals surface area contributed by atoms with E-state index in [0.29, 0.717) is 6.04 Å². The number of nitrogens with zero attached hydrogens (tertiary/aromatic N) is 2. The van der Waals surface area contributed by atoms with Gasteiger partial charge in [0.15, 0.2) is 0 Å². The average Bonchev–Trinajstić information content (AvgIpc) is 2.74. The van der Waals surface area contributed by atoms with E-state index in [1.54, 1.807) is 23.7 Å². The van der Waals surface area contributed by atoms with Gasteiger partial charge in [-0.1, -0.05) is 0 Å². The molecule has 1 N–H and O–H groups in total. The van der Waals surface area contributed by atoms with Crippen LogP contribution < -0.4 is 5.32 Å². The van der Waals surface area contributed by atoms with Crippen molar-refractivity contribution >= 4 is 17.2 Å². The Labute approximate surface area is 99.6 Å². The summed E-state index contributed by atoms with van der Waals surface area (Å²) in [5.41, 5.74) is 2.31. The van der Waals surface area contributed by atoms with E-state index in [2.05, 4.69) is 39.0 Å². The van der Waals surface area contributed by atoms with Crippen molar-refractivity contribution in [3.8, 4) is 0 Å². The molecule has 1 unspecified atom stereocenters. The molecule has 0 aromatic carbocycles. The Kier molecular flexibility index (Phi) is 3.51. The molecule has 0 bridgehead atoms. The lowest BCUT2D eigenvalue weighted by Crippen LogP contribution is -2.19. The highest BCUT2D eigenvalue weighted by atomic mass is 32.1. The van der Waals surface area contributed by atoms with Gasteiger partial charge in [-0.25, -0.2) is 4.98 Å². The van der Waals surface area contributed by atoms with Crippen LogP contribution in [-0.4, -0.2) is 16.0 Å². The monoisotopic (exact) mass is 233 g/mol. The van der Waals surface area contributed by atoms with Crippen LogP contribution in [0.1, 0.15) is 18.2 Å². The molecule has 0 saturated carbocycles. The van der Waals surface area contributed by atoms with E-state index in [1.807, 2.05) is 6.92 Å². The number of aromatic nitrogens is 2. The first kappa shape index (κ1) is 11.1. The number of hydrogen-bond donors (Lipinski definition) is 1. The predicted octanol–water partition coefficient (Wildman–Crippen LogP) is 2.89. The first-order chi connectivity index (χ1) is 7.75. The standard InChI is InChI=1S/C12H15N3S/c1-9(7-11-3-6-16-8-11)15-12-10(2)13-4-5-14-12/h3-6,8-9H,7H2,1-2H3,(H,14,15). The Balaban J connectivity index is 1.97. The van der Waals surface area contributed by atoms with Crippen molar-refractivity contribution in [1.82, 2.24) is 9.97 Å². The summed E-state index contributed by atoms with van der Waals surface area (Å²) in [6, 6.07) is 2.52. The van der Waals surface area contributed by atoms with Gasteiger partial charge in [0.1, 0.15) is 5.82 Å². The largest absolute Gasteiger partial charge is 0.366 e. The van der Waals surface area contributed by atoms with Crippen molar-refractivity contribution in [1.29, 1.82) is 0 Å². The maximum absolute atomic E-state index is 4.28. The molecule has 0 aliphatic carbocycles. The van der Waals surface area contributed by atoms with Crippen molar-refractivity contribution in [2.45, 2.75) is 26.3 Å². The molecule has 3 nitrogen and oxygen atoms in total. The Bertz CT molecular complexity index is 439. The van der Waals surface area contributed by atoms with Crippen LogP contribution >= 0.6 is 11.3 Å². The Morgan fingerprint density at radius 2 is 2.19 bits per heavy atom. The van der Waals surface area contributed by atoms with Gasteiger partial charge in [0.25, 0.3) is 0 Å². The number of hydrogen-bond acceptors (Lipinski definition) is 4. The van der Waals surface area contributed by atoms with Crippen molar-refractivity contribution in [3.05, 3.63) is 40.5 Å². The topological polar surface area (TPSA) is 37.8 Å². The smallest absolute Gasteiger partial charge is 0.147 e. The summed E-state index contributed by atoms with van der Waals surface area (Å²) in [6.07, 6.45) is 4.44. The van der Waals surface area contributed by atoms with E-state index in [1.165, 1.54) is 5.56 Å². The van der Waals surface area contributed by atoms with Gasteiger partial charge in [0.2, 0.25) is 0 Å². The molecule has 0 aliphatic heterocycles. The first-order valence-corrected chi connectivity index (χ1v) is 6.25. The third-order valence-electron chi connectivity index (χ3n) is 2.39. The lowest BCUT2D eigenvalue weighted by Gasteiger charge is -2.14. The fraction of sp³-hybridized carbons (Fsp3) is 0.333. The van der Waals surface area contributed by atoms with Gasteiger partial charge in [-0.15, -0.1) is 0 Å². The van der Waals surface area contributed by atoms with Crippen LogP contribution in [0.15, 0.2) is 29.2 Å². The predicted molar refractivity (Wildman–Crippen MR) is 67.9 cm³/mol. The van der Waals surface area contributed by atoms with Crippen LogP contribution in [0.4, 0.5) is 5.82 Å². The van der Waals surface area contributed by atoms with Gasteiger partial charge in [0, 0.05) is 18.4 Å². The summed E-state index contributed by atoms with van der Waals surface area (Å²) in [4.78, 5) is 8.48. The molecule has 2 rings (SSSR count). The third kappa shape index (κ3) is 2.79. The molecule has 0 radical (unpaired) electrons. The Hall–Kier alpha value is -1.42. The van der Waals surface area contributed by atoms with Crippen LogP contribution in [-0.2, 0) is 6.42 Å². The van der Waals surface area contributed by atoms with Gasteiger partial charge >= 0.3 is 0 Å². The molecule has 0 spiro atoms. The van der Waals surface area contributed by atoms with Crippen LogP contribution in [0.2, 0.25) is 0 Å². The lowest BCUT2D eigenvalue weighted by atomic mass is 10.1. The molecule has 2 aromatic rings. The highest BCUT2D eigenvalue weighted by Crippen LogP contribution is 2.13. The molecule has 16 heavy (non-hydrogen) atoms. The Morgan fingerprint density at radius 3 is 2.88 bits per heavy atom. The minimum absolute atomic E-state index is 0.366. The Morgan fingerprint density at radius 1 is 1.38 bits per heavy atom. The summed E-state index contributed by atoms with van der Waals surface area (Å²) in [6.45, 7) is 4.12. The van der Waals surface area contributed by atoms with Crippen molar-refractivity contribution < 1.29 is 0 Å². The number of anilines is 1. The fourth-order valence-corrected chi connectivity index (χ4v) is 2.28. The van der Waals surface area contributed by atoms with Crippen LogP contribution in [0.25, 0.3) is 0 Å². The number of nitrogens with one attached hydrogen (secondary N) is 1. The fourth-order valence-electron chi connectivity index (χ4n) is 1.60. The number of thiophene rings is 1. The minimum atomic E-state index is 0.366. The molecular weight excluding hydrogens is 218 g/mol. The van der Waals surface area contributed by atoms with Gasteiger partial charge in [-0.3, -0.25) is 4.98 Å². The second-order valence-corrected chi connectivity index (χ2v) is 4.65. The van der Waals surface area contributed by atoms with Crippen LogP contribution in [0.5, 0.6) is 0 Å². The molecular formula is C12H15N3S. The third-order valence-corrected chi connectivity index (χ3v) is 3.12. The van der Waals surface area contributed by atoms with Gasteiger partial charge in [-0.05, 0) is 42.7 Å². The highest BCUT2D eigenvalue weighted by molar-refractivity contribution is 7.07. The van der Waals surface area contributed by atoms with E-state index in [4.69, 9.17) is 0 Å². The van der Waals surface area contributed by atoms with Crippen molar-refractivity contribution in [2.24, 2.45) is 0 Å². The molecule has 2 aromatic heterocycles. The normalized spacial score (nSPS) is 12.4. The second kappa shape index (κ2) is 5.07. The molecule has 1 atom stereocenters. The highest BCUT2D eigenvalue weighted by Gasteiger charge is 2.06. The maximum atomic E-state index is 4.28. The molecule has 0 amide bonds. The molecule has 0 aliphatic rings. The van der Waals surface area contributed by atoms with Crippen molar-refractivity contribution in [3.63, 3.8) is 0 Å². The number of rotatable bonds is 4. The summed E-state index contributed by atoms with van der Waals surface area (Å²) < 4.78 is 0. The molecule has 2 heterocycles. The van der Waals surface area contributed by atoms with Crippen LogP contribution in [0.3, 0.4) is 0 Å². The molecule has 0 fully saturated rings. The van der Waals surface area contributed by atoms with Gasteiger partial charge in [-0.2, -0.15) is 11.3 Å². The summed E-state index contributed by atoms with van der Waals surface area (Å²) in [5.74, 6) is 0.880. The van der Waals surface area contributed by atoms with E-state index in [0.717, 1.165) is 17.9 Å².